The van der Waals surface area contributed by atoms with Crippen LogP contribution < -0.4 is 5.32 Å². The number of rotatable bonds is 7. The summed E-state index contributed by atoms with van der Waals surface area (Å²) in [6.45, 7) is -0.440. The zero-order valence-electron chi connectivity index (χ0n) is 16.4. The summed E-state index contributed by atoms with van der Waals surface area (Å²) in [6, 6.07) is 14.6. The van der Waals surface area contributed by atoms with E-state index in [0.29, 0.717) is 12.0 Å². The molecule has 1 N–H and O–H groups in total. The van der Waals surface area contributed by atoms with E-state index in [2.05, 4.69) is 10.3 Å². The number of fused-ring (bicyclic) bond motifs is 1. The molecule has 0 unspecified atom stereocenters. The SMILES string of the molecule is O=C(COC(=O)c1ccc(CSc2nc3ccccc3s2)cc1)N[C@@H]1CCS(=O)(=O)C1. The lowest BCUT2D eigenvalue weighted by atomic mass is 10.1. The van der Waals surface area contributed by atoms with Crippen molar-refractivity contribution in [3.63, 3.8) is 0 Å². The minimum Gasteiger partial charge on any atom is -0.452 e. The maximum atomic E-state index is 12.2. The third-order valence-corrected chi connectivity index (χ3v) is 8.78. The lowest BCUT2D eigenvalue weighted by Crippen LogP contribution is -2.38. The number of nitrogens with one attached hydrogen (secondary N) is 1. The Morgan fingerprint density at radius 2 is 1.94 bits per heavy atom. The van der Waals surface area contributed by atoms with Gasteiger partial charge in [0, 0.05) is 11.8 Å². The van der Waals surface area contributed by atoms with E-state index < -0.39 is 34.4 Å². The molecule has 4 rings (SSSR count). The number of carbonyl (C=O) groups is 2. The third kappa shape index (κ3) is 5.84. The van der Waals surface area contributed by atoms with Gasteiger partial charge in [-0.25, -0.2) is 18.2 Å². The largest absolute Gasteiger partial charge is 0.452 e. The van der Waals surface area contributed by atoms with Gasteiger partial charge in [0.25, 0.3) is 5.91 Å². The predicted molar refractivity (Wildman–Crippen MR) is 121 cm³/mol. The van der Waals surface area contributed by atoms with Crippen molar-refractivity contribution in [2.45, 2.75) is 22.6 Å². The predicted octanol–water partition coefficient (Wildman–Crippen LogP) is 3.05. The molecule has 0 radical (unpaired) electrons. The molecule has 1 atom stereocenters. The highest BCUT2D eigenvalue weighted by molar-refractivity contribution is 8.00. The number of carbonyl (C=O) groups excluding carboxylic acids is 2. The molecule has 0 bridgehead atoms. The number of thioether (sulfide) groups is 1. The van der Waals surface area contributed by atoms with Crippen molar-refractivity contribution in [3.05, 3.63) is 59.7 Å². The first kappa shape index (κ1) is 21.8. The summed E-state index contributed by atoms with van der Waals surface area (Å²) < 4.78 is 30.0. The van der Waals surface area contributed by atoms with Crippen molar-refractivity contribution >= 4 is 55.0 Å². The fraction of sp³-hybridized carbons (Fsp3) is 0.286. The molecule has 1 amide bonds. The third-order valence-electron chi connectivity index (χ3n) is 4.76. The summed E-state index contributed by atoms with van der Waals surface area (Å²) >= 11 is 3.29. The van der Waals surface area contributed by atoms with Gasteiger partial charge in [0.05, 0.1) is 27.3 Å². The van der Waals surface area contributed by atoms with Gasteiger partial charge in [-0.05, 0) is 36.2 Å². The van der Waals surface area contributed by atoms with Crippen LogP contribution in [0.25, 0.3) is 10.2 Å². The highest BCUT2D eigenvalue weighted by atomic mass is 32.2. The van der Waals surface area contributed by atoms with Crippen LogP contribution in [0.1, 0.15) is 22.3 Å². The first-order chi connectivity index (χ1) is 14.9. The molecule has 1 aliphatic rings. The number of aromatic nitrogens is 1. The number of nitrogens with zero attached hydrogens (tertiary/aromatic N) is 1. The van der Waals surface area contributed by atoms with Crippen LogP contribution in [0.4, 0.5) is 0 Å². The standard InChI is InChI=1S/C21H20N2O5S3/c24-19(22-16-9-10-31(26,27)13-16)11-28-20(25)15-7-5-14(6-8-15)12-29-21-23-17-3-1-2-4-18(17)30-21/h1-8,16H,9-13H2,(H,22,24)/t16-/m1/s1. The topological polar surface area (TPSA) is 102 Å². The van der Waals surface area contributed by atoms with E-state index in [4.69, 9.17) is 4.74 Å². The minimum atomic E-state index is -3.08. The molecular weight excluding hydrogens is 456 g/mol. The molecule has 162 valence electrons. The summed E-state index contributed by atoms with van der Waals surface area (Å²) in [5.74, 6) is -0.370. The summed E-state index contributed by atoms with van der Waals surface area (Å²) in [6.07, 6.45) is 0.387. The molecule has 3 aromatic rings. The Labute approximate surface area is 188 Å². The maximum Gasteiger partial charge on any atom is 0.338 e. The Morgan fingerprint density at radius 1 is 1.16 bits per heavy atom. The molecule has 10 heteroatoms. The van der Waals surface area contributed by atoms with E-state index in [9.17, 15) is 18.0 Å². The zero-order valence-corrected chi connectivity index (χ0v) is 18.9. The quantitative estimate of drug-likeness (QED) is 0.413. The van der Waals surface area contributed by atoms with Crippen LogP contribution in [0.2, 0.25) is 0 Å². The number of esters is 1. The number of benzene rings is 2. The summed E-state index contributed by atoms with van der Waals surface area (Å²) in [5.41, 5.74) is 2.39. The van der Waals surface area contributed by atoms with Gasteiger partial charge in [-0.3, -0.25) is 4.79 Å². The van der Waals surface area contributed by atoms with Crippen LogP contribution >= 0.6 is 23.1 Å². The van der Waals surface area contributed by atoms with E-state index in [1.165, 1.54) is 0 Å². The minimum absolute atomic E-state index is 0.0663. The molecule has 1 saturated heterocycles. The van der Waals surface area contributed by atoms with E-state index in [1.807, 2.05) is 36.4 Å². The Balaban J connectivity index is 1.24. The molecule has 0 saturated carbocycles. The summed E-state index contributed by atoms with van der Waals surface area (Å²) in [5, 5.41) is 2.59. The molecule has 1 aliphatic heterocycles. The van der Waals surface area contributed by atoms with Gasteiger partial charge in [0.1, 0.15) is 0 Å². The Kier molecular flexibility index (Phi) is 6.59. The van der Waals surface area contributed by atoms with Crippen LogP contribution in [0.15, 0.2) is 52.9 Å². The van der Waals surface area contributed by atoms with Gasteiger partial charge >= 0.3 is 5.97 Å². The number of hydrogen-bond acceptors (Lipinski definition) is 8. The molecular formula is C21H20N2O5S3. The second-order valence-electron chi connectivity index (χ2n) is 7.18. The smallest absolute Gasteiger partial charge is 0.338 e. The van der Waals surface area contributed by atoms with Crippen LogP contribution in [-0.2, 0) is 25.1 Å². The summed E-state index contributed by atoms with van der Waals surface area (Å²) in [7, 11) is -3.08. The van der Waals surface area contributed by atoms with Crippen molar-refractivity contribution in [2.75, 3.05) is 18.1 Å². The van der Waals surface area contributed by atoms with Crippen molar-refractivity contribution in [1.82, 2.24) is 10.3 Å². The second-order valence-corrected chi connectivity index (χ2v) is 11.7. The number of amides is 1. The molecule has 1 fully saturated rings. The second kappa shape index (κ2) is 9.37. The normalized spacial score (nSPS) is 17.5. The highest BCUT2D eigenvalue weighted by Crippen LogP contribution is 2.31. The first-order valence-corrected chi connectivity index (χ1v) is 13.2. The molecule has 2 aromatic carbocycles. The molecule has 31 heavy (non-hydrogen) atoms. The first-order valence-electron chi connectivity index (χ1n) is 9.62. The number of sulfone groups is 1. The van der Waals surface area contributed by atoms with Gasteiger partial charge in [0.2, 0.25) is 0 Å². The Hall–Kier alpha value is -2.43. The maximum absolute atomic E-state index is 12.2. The van der Waals surface area contributed by atoms with Crippen LogP contribution in [0.3, 0.4) is 0 Å². The van der Waals surface area contributed by atoms with Crippen molar-refractivity contribution in [2.24, 2.45) is 0 Å². The van der Waals surface area contributed by atoms with Gasteiger partial charge in [0.15, 0.2) is 20.8 Å². The molecule has 2 heterocycles. The number of hydrogen-bond donors (Lipinski definition) is 1. The van der Waals surface area contributed by atoms with Crippen molar-refractivity contribution in [1.29, 1.82) is 0 Å². The number of ether oxygens (including phenoxy) is 1. The van der Waals surface area contributed by atoms with Crippen LogP contribution in [-0.4, -0.2) is 49.4 Å². The monoisotopic (exact) mass is 476 g/mol. The lowest BCUT2D eigenvalue weighted by Gasteiger charge is -2.11. The molecule has 1 aromatic heterocycles. The Morgan fingerprint density at radius 3 is 2.65 bits per heavy atom. The van der Waals surface area contributed by atoms with Crippen LogP contribution in [0.5, 0.6) is 0 Å². The molecule has 7 nitrogen and oxygen atoms in total. The van der Waals surface area contributed by atoms with E-state index in [-0.39, 0.29) is 11.5 Å². The van der Waals surface area contributed by atoms with Gasteiger partial charge in [-0.1, -0.05) is 36.0 Å². The lowest BCUT2D eigenvalue weighted by molar-refractivity contribution is -0.124. The van der Waals surface area contributed by atoms with Crippen molar-refractivity contribution < 1.29 is 22.7 Å². The van der Waals surface area contributed by atoms with Crippen molar-refractivity contribution in [3.8, 4) is 0 Å². The zero-order chi connectivity index (χ0) is 21.8. The van der Waals surface area contributed by atoms with E-state index in [0.717, 1.165) is 25.9 Å². The number of thiazole rings is 1. The van der Waals surface area contributed by atoms with Crippen LogP contribution in [0, 0.1) is 0 Å². The number of para-hydroxylation sites is 1. The van der Waals surface area contributed by atoms with Gasteiger partial charge in [-0.15, -0.1) is 11.3 Å². The Bertz CT molecular complexity index is 1170. The fourth-order valence-electron chi connectivity index (χ4n) is 3.19. The average molecular weight is 477 g/mol. The molecule has 0 aliphatic carbocycles. The summed E-state index contributed by atoms with van der Waals surface area (Å²) in [4.78, 5) is 28.7. The van der Waals surface area contributed by atoms with Gasteiger partial charge in [-0.2, -0.15) is 0 Å². The van der Waals surface area contributed by atoms with E-state index >= 15 is 0 Å². The average Bonchev–Trinajstić information content (AvgIpc) is 3.32. The molecule has 0 spiro atoms. The highest BCUT2D eigenvalue weighted by Gasteiger charge is 2.29. The van der Waals surface area contributed by atoms with Gasteiger partial charge < -0.3 is 10.1 Å². The fourth-order valence-corrected chi connectivity index (χ4v) is 6.89. The van der Waals surface area contributed by atoms with E-state index in [1.54, 1.807) is 35.2 Å².